The summed E-state index contributed by atoms with van der Waals surface area (Å²) >= 11 is 0. The van der Waals surface area contributed by atoms with Crippen molar-refractivity contribution in [2.24, 2.45) is 7.05 Å². The molecule has 1 N–H and O–H groups in total. The molecule has 2 aromatic heterocycles. The van der Waals surface area contributed by atoms with Crippen LogP contribution < -0.4 is 16.6 Å². The molecule has 6 nitrogen and oxygen atoms in total. The minimum absolute atomic E-state index is 0.0847. The lowest BCUT2D eigenvalue weighted by Gasteiger charge is -2.13. The van der Waals surface area contributed by atoms with Gasteiger partial charge in [-0.2, -0.15) is 13.2 Å². The molecule has 3 aromatic rings. The van der Waals surface area contributed by atoms with Crippen molar-refractivity contribution in [3.05, 3.63) is 57.1 Å². The zero-order valence-electron chi connectivity index (χ0n) is 12.6. The highest BCUT2D eigenvalue weighted by atomic mass is 19.4. The number of fused-ring (bicyclic) bond motifs is 1. The predicted octanol–water partition coefficient (Wildman–Crippen LogP) is 2.34. The zero-order valence-corrected chi connectivity index (χ0v) is 12.6. The van der Waals surface area contributed by atoms with Gasteiger partial charge in [0, 0.05) is 31.2 Å². The lowest BCUT2D eigenvalue weighted by atomic mass is 10.2. The van der Waals surface area contributed by atoms with E-state index in [2.05, 4.69) is 5.32 Å². The van der Waals surface area contributed by atoms with E-state index in [1.807, 2.05) is 0 Å². The highest BCUT2D eigenvalue weighted by Crippen LogP contribution is 2.28. The van der Waals surface area contributed by atoms with E-state index in [-0.39, 0.29) is 5.69 Å². The van der Waals surface area contributed by atoms with Gasteiger partial charge in [-0.25, -0.2) is 9.36 Å². The summed E-state index contributed by atoms with van der Waals surface area (Å²) in [6, 6.07) is 5.38. The molecule has 0 aliphatic heterocycles. The predicted molar refractivity (Wildman–Crippen MR) is 81.6 cm³/mol. The average molecular weight is 339 g/mol. The molecule has 0 saturated heterocycles. The molecule has 0 radical (unpaired) electrons. The Morgan fingerprint density at radius 2 is 1.88 bits per heavy atom. The normalized spacial score (nSPS) is 11.9. The van der Waals surface area contributed by atoms with Crippen LogP contribution >= 0.6 is 0 Å². The molecule has 0 atom stereocenters. The van der Waals surface area contributed by atoms with Crippen molar-refractivity contribution in [2.75, 3.05) is 12.4 Å². The molecular weight excluding hydrogens is 327 g/mol. The Morgan fingerprint density at radius 3 is 2.50 bits per heavy atom. The third-order valence-electron chi connectivity index (χ3n) is 3.69. The first-order valence-corrected chi connectivity index (χ1v) is 6.83. The SMILES string of the molecule is CNc1ccc2occ(-n3c(=O)cc(C(F)(F)F)n(C)c3=O)c2c1. The first kappa shape index (κ1) is 15.9. The van der Waals surface area contributed by atoms with Crippen molar-refractivity contribution in [3.8, 4) is 5.69 Å². The van der Waals surface area contributed by atoms with Crippen molar-refractivity contribution in [3.63, 3.8) is 0 Å². The second kappa shape index (κ2) is 5.29. The standard InChI is InChI=1S/C15H12F3N3O3/c1-19-8-3-4-11-9(5-8)10(7-24-11)21-13(22)6-12(15(16,17)18)20(2)14(21)23/h3-7,19H,1-2H3. The monoisotopic (exact) mass is 339 g/mol. The highest BCUT2D eigenvalue weighted by molar-refractivity contribution is 5.89. The number of hydrogen-bond donors (Lipinski definition) is 1. The summed E-state index contributed by atoms with van der Waals surface area (Å²) in [6.45, 7) is 0. The minimum atomic E-state index is -4.80. The maximum Gasteiger partial charge on any atom is 0.431 e. The Morgan fingerprint density at radius 1 is 1.17 bits per heavy atom. The fourth-order valence-electron chi connectivity index (χ4n) is 2.46. The van der Waals surface area contributed by atoms with Crippen molar-refractivity contribution >= 4 is 16.7 Å². The molecule has 3 rings (SSSR count). The summed E-state index contributed by atoms with van der Waals surface area (Å²) < 4.78 is 45.0. The lowest BCUT2D eigenvalue weighted by molar-refractivity contribution is -0.144. The molecule has 24 heavy (non-hydrogen) atoms. The van der Waals surface area contributed by atoms with Gasteiger partial charge in [0.05, 0.1) is 0 Å². The number of nitrogens with one attached hydrogen (secondary N) is 1. The number of nitrogens with zero attached hydrogens (tertiary/aromatic N) is 2. The number of hydrogen-bond acceptors (Lipinski definition) is 4. The Balaban J connectivity index is 2.34. The van der Waals surface area contributed by atoms with Crippen LogP contribution in [-0.4, -0.2) is 16.2 Å². The van der Waals surface area contributed by atoms with Gasteiger partial charge in [0.15, 0.2) is 0 Å². The Labute approximate surface area is 132 Å². The lowest BCUT2D eigenvalue weighted by Crippen LogP contribution is -2.40. The molecule has 0 fully saturated rings. The van der Waals surface area contributed by atoms with Crippen molar-refractivity contribution in [1.29, 1.82) is 0 Å². The van der Waals surface area contributed by atoms with Crippen molar-refractivity contribution < 1.29 is 17.6 Å². The molecular formula is C15H12F3N3O3. The smallest absolute Gasteiger partial charge is 0.431 e. The van der Waals surface area contributed by atoms with Crippen LogP contribution in [0.2, 0.25) is 0 Å². The van der Waals surface area contributed by atoms with E-state index >= 15 is 0 Å². The number of rotatable bonds is 2. The molecule has 1 aromatic carbocycles. The topological polar surface area (TPSA) is 69.2 Å². The van der Waals surface area contributed by atoms with Gasteiger partial charge in [-0.1, -0.05) is 0 Å². The molecule has 0 saturated carbocycles. The first-order chi connectivity index (χ1) is 11.2. The van der Waals surface area contributed by atoms with Gasteiger partial charge in [0.25, 0.3) is 5.56 Å². The highest BCUT2D eigenvalue weighted by Gasteiger charge is 2.35. The number of aromatic nitrogens is 2. The van der Waals surface area contributed by atoms with Crippen LogP contribution in [0.25, 0.3) is 16.7 Å². The van der Waals surface area contributed by atoms with E-state index < -0.39 is 23.1 Å². The van der Waals surface area contributed by atoms with Gasteiger partial charge >= 0.3 is 11.9 Å². The van der Waals surface area contributed by atoms with Crippen LogP contribution in [-0.2, 0) is 13.2 Å². The van der Waals surface area contributed by atoms with Gasteiger partial charge < -0.3 is 9.73 Å². The van der Waals surface area contributed by atoms with E-state index in [0.717, 1.165) is 7.05 Å². The molecule has 9 heteroatoms. The number of alkyl halides is 3. The summed E-state index contributed by atoms with van der Waals surface area (Å²) in [5.74, 6) is 0. The Hall–Kier alpha value is -2.97. The van der Waals surface area contributed by atoms with E-state index in [0.29, 0.717) is 31.9 Å². The average Bonchev–Trinajstić information content (AvgIpc) is 2.93. The minimum Gasteiger partial charge on any atom is -0.462 e. The summed E-state index contributed by atoms with van der Waals surface area (Å²) in [6.07, 6.45) is -3.63. The Bertz CT molecular complexity index is 1040. The molecule has 0 unspecified atom stereocenters. The van der Waals surface area contributed by atoms with Crippen LogP contribution in [0.1, 0.15) is 5.69 Å². The largest absolute Gasteiger partial charge is 0.462 e. The fraction of sp³-hybridized carbons (Fsp3) is 0.200. The molecule has 0 spiro atoms. The van der Waals surface area contributed by atoms with Gasteiger partial charge in [-0.05, 0) is 18.2 Å². The van der Waals surface area contributed by atoms with Gasteiger partial charge in [0.2, 0.25) is 0 Å². The van der Waals surface area contributed by atoms with Crippen molar-refractivity contribution in [1.82, 2.24) is 9.13 Å². The summed E-state index contributed by atoms with van der Waals surface area (Å²) in [5.41, 5.74) is -2.31. The van der Waals surface area contributed by atoms with Gasteiger partial charge in [0.1, 0.15) is 23.2 Å². The number of benzene rings is 1. The molecule has 2 heterocycles. The maximum atomic E-state index is 12.9. The second-order valence-corrected chi connectivity index (χ2v) is 5.12. The van der Waals surface area contributed by atoms with Crippen LogP contribution in [0.3, 0.4) is 0 Å². The third kappa shape index (κ3) is 2.38. The molecule has 0 aliphatic rings. The number of anilines is 1. The quantitative estimate of drug-likeness (QED) is 0.778. The third-order valence-corrected chi connectivity index (χ3v) is 3.69. The summed E-state index contributed by atoms with van der Waals surface area (Å²) in [4.78, 5) is 24.5. The van der Waals surface area contributed by atoms with Crippen LogP contribution in [0.15, 0.2) is 44.5 Å². The zero-order chi connectivity index (χ0) is 17.6. The number of halogens is 3. The second-order valence-electron chi connectivity index (χ2n) is 5.12. The van der Waals surface area contributed by atoms with Crippen LogP contribution in [0.5, 0.6) is 0 Å². The number of furan rings is 1. The van der Waals surface area contributed by atoms with Gasteiger partial charge in [-0.15, -0.1) is 0 Å². The van der Waals surface area contributed by atoms with Crippen LogP contribution in [0.4, 0.5) is 18.9 Å². The summed E-state index contributed by atoms with van der Waals surface area (Å²) in [5, 5.41) is 3.33. The van der Waals surface area contributed by atoms with Crippen molar-refractivity contribution in [2.45, 2.75) is 6.18 Å². The fourth-order valence-corrected chi connectivity index (χ4v) is 2.46. The van der Waals surface area contributed by atoms with Gasteiger partial charge in [-0.3, -0.25) is 9.36 Å². The molecule has 126 valence electrons. The maximum absolute atomic E-state index is 12.9. The van der Waals surface area contributed by atoms with Crippen LogP contribution in [0, 0.1) is 0 Å². The van der Waals surface area contributed by atoms with E-state index in [4.69, 9.17) is 4.42 Å². The van der Waals surface area contributed by atoms with E-state index in [1.54, 1.807) is 25.2 Å². The van der Waals surface area contributed by atoms with E-state index in [9.17, 15) is 22.8 Å². The molecule has 0 aliphatic carbocycles. The Kier molecular flexibility index (Phi) is 3.51. The molecule has 0 bridgehead atoms. The van der Waals surface area contributed by atoms with E-state index in [1.165, 1.54) is 6.26 Å². The molecule has 0 amide bonds. The summed E-state index contributed by atoms with van der Waals surface area (Å²) in [7, 11) is 2.65. The first-order valence-electron chi connectivity index (χ1n) is 6.83.